The van der Waals surface area contributed by atoms with Crippen molar-refractivity contribution < 1.29 is 15.0 Å². The molecule has 0 fully saturated rings. The van der Waals surface area contributed by atoms with E-state index in [1.807, 2.05) is 0 Å². The molecule has 0 radical (unpaired) electrons. The summed E-state index contributed by atoms with van der Waals surface area (Å²) < 4.78 is 29.3. The summed E-state index contributed by atoms with van der Waals surface area (Å²) in [5, 5.41) is 0. The fourth-order valence-electron chi connectivity index (χ4n) is 0.667. The second-order valence-corrected chi connectivity index (χ2v) is 5.39. The molecular weight excluding hydrogens is 195 g/mol. The molecule has 12 heavy (non-hydrogen) atoms. The molecule has 0 aromatic carbocycles. The molecular formula is C7H17O3PS. The van der Waals surface area contributed by atoms with Crippen LogP contribution in [-0.2, 0) is 13.6 Å². The fraction of sp³-hybridized carbons (Fsp3) is 1.00. The van der Waals surface area contributed by atoms with Crippen LogP contribution in [0.4, 0.5) is 0 Å². The molecule has 3 nitrogen and oxygen atoms in total. The van der Waals surface area contributed by atoms with Crippen molar-refractivity contribution in [3.8, 4) is 0 Å². The Hall–Kier alpha value is 0.500. The summed E-state index contributed by atoms with van der Waals surface area (Å²) in [4.78, 5) is 0. The monoisotopic (exact) mass is 213 g/mol. The molecule has 0 aliphatic heterocycles. The minimum absolute atomic E-state index is 0.232. The molecule has 74 valence electrons. The van der Waals surface area contributed by atoms with Crippen molar-refractivity contribution in [2.24, 2.45) is 0 Å². The zero-order valence-electron chi connectivity index (χ0n) is 8.85. The Morgan fingerprint density at radius 3 is 1.83 bits per heavy atom. The van der Waals surface area contributed by atoms with Crippen LogP contribution in [-0.4, -0.2) is 17.7 Å². The van der Waals surface area contributed by atoms with Crippen molar-refractivity contribution in [1.29, 1.82) is 0 Å². The van der Waals surface area contributed by atoms with E-state index in [9.17, 15) is 4.57 Å². The van der Waals surface area contributed by atoms with Gasteiger partial charge >= 0.3 is 7.60 Å². The van der Waals surface area contributed by atoms with E-state index in [1.54, 1.807) is 27.7 Å². The highest BCUT2D eigenvalue weighted by molar-refractivity contribution is 7.88. The third kappa shape index (κ3) is 5.20. The van der Waals surface area contributed by atoms with Gasteiger partial charge in [0.25, 0.3) is 0 Å². The van der Waals surface area contributed by atoms with Gasteiger partial charge in [-0.3, -0.25) is 4.57 Å². The molecule has 0 aliphatic rings. The van der Waals surface area contributed by atoms with Gasteiger partial charge < -0.3 is 9.05 Å². The highest BCUT2D eigenvalue weighted by Crippen LogP contribution is 2.50. The second kappa shape index (κ2) is 5.28. The molecule has 0 heterocycles. The van der Waals surface area contributed by atoms with E-state index in [0.717, 1.165) is 0 Å². The number of rotatable bonds is 5. The number of thiol groups is 1. The van der Waals surface area contributed by atoms with Crippen LogP contribution in [0.5, 0.6) is 0 Å². The topological polar surface area (TPSA) is 35.5 Å². The molecule has 0 bridgehead atoms. The fourth-order valence-corrected chi connectivity index (χ4v) is 2.33. The first-order valence-corrected chi connectivity index (χ1v) is 5.97. The van der Waals surface area contributed by atoms with Crippen LogP contribution in [0.25, 0.3) is 0 Å². The Morgan fingerprint density at radius 2 is 1.67 bits per heavy atom. The molecule has 0 saturated carbocycles. The molecule has 0 aromatic rings. The zero-order chi connectivity index (χ0) is 10.6. The second-order valence-electron chi connectivity index (χ2n) is 2.96. The van der Waals surface area contributed by atoms with E-state index in [1.165, 1.54) is 0 Å². The Labute approximate surface area is 81.2 Å². The van der Waals surface area contributed by atoms with Gasteiger partial charge in [-0.15, -0.1) is 0 Å². The van der Waals surface area contributed by atoms with Crippen LogP contribution < -0.4 is 0 Å². The lowest BCUT2D eigenvalue weighted by Crippen LogP contribution is -2.08. The van der Waals surface area contributed by atoms with E-state index in [-0.39, 0.29) is 12.2 Å². The van der Waals surface area contributed by atoms with Gasteiger partial charge in [0, 0.05) is 0 Å². The van der Waals surface area contributed by atoms with Crippen LogP contribution in [0.1, 0.15) is 29.1 Å². The third-order valence-corrected chi connectivity index (χ3v) is 3.42. The maximum atomic E-state index is 11.8. The molecule has 5 heteroatoms. The lowest BCUT2D eigenvalue weighted by atomic mass is 10.5. The maximum absolute atomic E-state index is 11.8. The Kier molecular flexibility index (Phi) is 4.65. The standard InChI is InChI=1S/C7H17O3PS/c1-6(2)9-11(8,5-12)10-7(3)4/h6-7,12H,5H2,1-4H3/i5D/t5-/m0/s1. The average Bonchev–Trinajstić information content (AvgIpc) is 1.82. The summed E-state index contributed by atoms with van der Waals surface area (Å²) >= 11 is 3.78. The van der Waals surface area contributed by atoms with Gasteiger partial charge in [0.15, 0.2) is 0 Å². The predicted molar refractivity (Wildman–Crippen MR) is 53.9 cm³/mol. The summed E-state index contributed by atoms with van der Waals surface area (Å²) in [5.74, 6) is 0. The lowest BCUT2D eigenvalue weighted by Gasteiger charge is -2.20. The van der Waals surface area contributed by atoms with Crippen LogP contribution in [0.15, 0.2) is 0 Å². The largest absolute Gasteiger partial charge is 0.340 e. The molecule has 0 amide bonds. The minimum Gasteiger partial charge on any atom is -0.305 e. The SMILES string of the molecule is [2H][C@H](S)P(=O)(OC(C)C)OC(C)C. The molecule has 1 atom stereocenters. The van der Waals surface area contributed by atoms with Gasteiger partial charge in [-0.2, -0.15) is 12.6 Å². The van der Waals surface area contributed by atoms with E-state index < -0.39 is 13.1 Å². The van der Waals surface area contributed by atoms with Crippen LogP contribution in [0, 0.1) is 0 Å². The van der Waals surface area contributed by atoms with Gasteiger partial charge in [-0.25, -0.2) is 0 Å². The summed E-state index contributed by atoms with van der Waals surface area (Å²) in [7, 11) is -3.37. The molecule has 0 spiro atoms. The van der Waals surface area contributed by atoms with Gasteiger partial charge in [0.2, 0.25) is 0 Å². The molecule has 0 N–H and O–H groups in total. The number of hydrogen-bond acceptors (Lipinski definition) is 4. The first-order chi connectivity index (χ1) is 5.78. The average molecular weight is 213 g/mol. The van der Waals surface area contributed by atoms with Gasteiger partial charge in [0.1, 0.15) is 0 Å². The number of hydrogen-bond donors (Lipinski definition) is 1. The molecule has 0 rings (SSSR count). The molecule has 0 aliphatic carbocycles. The zero-order valence-corrected chi connectivity index (χ0v) is 9.64. The van der Waals surface area contributed by atoms with Crippen molar-refractivity contribution in [3.63, 3.8) is 0 Å². The van der Waals surface area contributed by atoms with Crippen molar-refractivity contribution in [2.75, 3.05) is 5.47 Å². The van der Waals surface area contributed by atoms with E-state index in [0.29, 0.717) is 0 Å². The summed E-state index contributed by atoms with van der Waals surface area (Å²) in [6.45, 7) is 6.97. The molecule has 0 aromatic heterocycles. The Bertz CT molecular complexity index is 182. The highest BCUT2D eigenvalue weighted by atomic mass is 32.1. The van der Waals surface area contributed by atoms with Gasteiger partial charge in [-0.05, 0) is 27.7 Å². The summed E-state index contributed by atoms with van der Waals surface area (Å²) in [6.07, 6.45) is -0.464. The van der Waals surface area contributed by atoms with Crippen molar-refractivity contribution in [2.45, 2.75) is 39.9 Å². The van der Waals surface area contributed by atoms with Crippen LogP contribution in [0.3, 0.4) is 0 Å². The summed E-state index contributed by atoms with van der Waals surface area (Å²) in [5.41, 5.74) is -1.14. The lowest BCUT2D eigenvalue weighted by molar-refractivity contribution is 0.145. The van der Waals surface area contributed by atoms with E-state index in [4.69, 9.17) is 10.4 Å². The Balaban J connectivity index is 4.45. The maximum Gasteiger partial charge on any atom is 0.340 e. The van der Waals surface area contributed by atoms with Gasteiger partial charge in [-0.1, -0.05) is 0 Å². The first-order valence-electron chi connectivity index (χ1n) is 4.42. The van der Waals surface area contributed by atoms with Crippen molar-refractivity contribution in [3.05, 3.63) is 0 Å². The van der Waals surface area contributed by atoms with Crippen LogP contribution >= 0.6 is 20.2 Å². The smallest absolute Gasteiger partial charge is 0.305 e. The normalized spacial score (nSPS) is 16.8. The first kappa shape index (κ1) is 10.6. The van der Waals surface area contributed by atoms with Crippen LogP contribution in [0.2, 0.25) is 0 Å². The Morgan fingerprint density at radius 1 is 1.33 bits per heavy atom. The van der Waals surface area contributed by atoms with Crippen molar-refractivity contribution >= 4 is 20.2 Å². The highest BCUT2D eigenvalue weighted by Gasteiger charge is 2.25. The van der Waals surface area contributed by atoms with E-state index >= 15 is 0 Å². The summed E-state index contributed by atoms with van der Waals surface area (Å²) in [6, 6.07) is 0. The minimum atomic E-state index is -3.37. The van der Waals surface area contributed by atoms with E-state index in [2.05, 4.69) is 12.6 Å². The van der Waals surface area contributed by atoms with Gasteiger partial charge in [0.05, 0.1) is 19.0 Å². The third-order valence-electron chi connectivity index (χ3n) is 0.857. The molecule has 0 unspecified atom stereocenters. The molecule has 0 saturated heterocycles. The van der Waals surface area contributed by atoms with Crippen molar-refractivity contribution in [1.82, 2.24) is 0 Å². The predicted octanol–water partition coefficient (Wildman–Crippen LogP) is 2.92. The quantitative estimate of drug-likeness (QED) is 0.563.